The topological polar surface area (TPSA) is 127 Å². The fourth-order valence-electron chi connectivity index (χ4n) is 2.84. The van der Waals surface area contributed by atoms with Gasteiger partial charge in [-0.15, -0.1) is 5.11 Å². The number of ketones is 1. The summed E-state index contributed by atoms with van der Waals surface area (Å²) in [6.45, 7) is 0. The SMILES string of the molecule is NN=Nc1ccccc1N(N)C(=O)CCc1ccc(CC(=O)c2ccccc2)o1. The molecule has 0 unspecified atom stereocenters. The highest BCUT2D eigenvalue weighted by atomic mass is 16.3. The molecule has 0 spiro atoms. The third-order valence-electron chi connectivity index (χ3n) is 4.31. The summed E-state index contributed by atoms with van der Waals surface area (Å²) in [5.74, 6) is 11.8. The van der Waals surface area contributed by atoms with Gasteiger partial charge < -0.3 is 10.3 Å². The van der Waals surface area contributed by atoms with Gasteiger partial charge in [0.1, 0.15) is 17.2 Å². The van der Waals surface area contributed by atoms with Gasteiger partial charge in [-0.05, 0) is 24.3 Å². The Morgan fingerprint density at radius 1 is 0.931 bits per heavy atom. The van der Waals surface area contributed by atoms with Crippen LogP contribution in [0.4, 0.5) is 11.4 Å². The summed E-state index contributed by atoms with van der Waals surface area (Å²) in [5.41, 5.74) is 1.43. The second-order valence-corrected chi connectivity index (χ2v) is 6.30. The standard InChI is InChI=1S/C21H21N5O3/c22-25-24-18-8-4-5-9-19(18)26(23)21(28)13-12-16-10-11-17(29-16)14-20(27)15-6-2-1-3-7-15/h1-11H,12-14,23H2,(H2,22,24). The number of anilines is 1. The number of nitrogens with two attached hydrogens (primary N) is 2. The number of nitrogens with zero attached hydrogens (tertiary/aromatic N) is 3. The molecule has 0 atom stereocenters. The maximum absolute atomic E-state index is 12.4. The Kier molecular flexibility index (Phi) is 6.49. The summed E-state index contributed by atoms with van der Waals surface area (Å²) < 4.78 is 5.69. The summed E-state index contributed by atoms with van der Waals surface area (Å²) in [5, 5.41) is 8.02. The third-order valence-corrected chi connectivity index (χ3v) is 4.31. The van der Waals surface area contributed by atoms with Gasteiger partial charge in [-0.1, -0.05) is 47.7 Å². The minimum absolute atomic E-state index is 0.0265. The molecule has 2 aromatic carbocycles. The molecule has 0 saturated heterocycles. The van der Waals surface area contributed by atoms with E-state index in [2.05, 4.69) is 10.3 Å². The van der Waals surface area contributed by atoms with Crippen LogP contribution < -0.4 is 16.7 Å². The van der Waals surface area contributed by atoms with Crippen molar-refractivity contribution in [3.8, 4) is 0 Å². The van der Waals surface area contributed by atoms with E-state index in [1.165, 1.54) is 0 Å². The van der Waals surface area contributed by atoms with Crippen LogP contribution >= 0.6 is 0 Å². The fraction of sp³-hybridized carbons (Fsp3) is 0.143. The van der Waals surface area contributed by atoms with Crippen LogP contribution in [0, 0.1) is 0 Å². The van der Waals surface area contributed by atoms with E-state index in [4.69, 9.17) is 16.1 Å². The molecule has 1 heterocycles. The minimum atomic E-state index is -0.317. The second kappa shape index (κ2) is 9.43. The van der Waals surface area contributed by atoms with Crippen LogP contribution in [-0.2, 0) is 17.6 Å². The predicted molar refractivity (Wildman–Crippen MR) is 108 cm³/mol. The Morgan fingerprint density at radius 2 is 1.62 bits per heavy atom. The molecule has 8 heteroatoms. The first-order valence-electron chi connectivity index (χ1n) is 9.02. The molecule has 4 N–H and O–H groups in total. The van der Waals surface area contributed by atoms with Gasteiger partial charge in [-0.25, -0.2) is 10.9 Å². The van der Waals surface area contributed by atoms with E-state index in [0.717, 1.165) is 5.01 Å². The number of rotatable bonds is 8. The van der Waals surface area contributed by atoms with Crippen LogP contribution in [-0.4, -0.2) is 11.7 Å². The van der Waals surface area contributed by atoms with Gasteiger partial charge in [0, 0.05) is 18.4 Å². The van der Waals surface area contributed by atoms with Gasteiger partial charge in [-0.2, -0.15) is 0 Å². The normalized spacial score (nSPS) is 10.9. The number of carbonyl (C=O) groups is 2. The van der Waals surface area contributed by atoms with Crippen molar-refractivity contribution >= 4 is 23.1 Å². The first kappa shape index (κ1) is 20.0. The molecular weight excluding hydrogens is 370 g/mol. The number of hydrazine groups is 1. The maximum Gasteiger partial charge on any atom is 0.241 e. The number of amides is 1. The molecule has 0 aliphatic heterocycles. The molecule has 8 nitrogen and oxygen atoms in total. The Bertz CT molecular complexity index is 1010. The van der Waals surface area contributed by atoms with Crippen LogP contribution in [0.1, 0.15) is 28.3 Å². The van der Waals surface area contributed by atoms with E-state index >= 15 is 0 Å². The van der Waals surface area contributed by atoms with Crippen molar-refractivity contribution in [1.29, 1.82) is 0 Å². The van der Waals surface area contributed by atoms with E-state index in [1.807, 2.05) is 18.2 Å². The van der Waals surface area contributed by atoms with Gasteiger partial charge in [0.25, 0.3) is 0 Å². The quantitative estimate of drug-likeness (QED) is 0.200. The van der Waals surface area contributed by atoms with Crippen molar-refractivity contribution in [3.05, 3.63) is 83.8 Å². The van der Waals surface area contributed by atoms with Gasteiger partial charge in [0.15, 0.2) is 5.78 Å². The smallest absolute Gasteiger partial charge is 0.241 e. The number of furan rings is 1. The summed E-state index contributed by atoms with van der Waals surface area (Å²) in [6.07, 6.45) is 0.648. The van der Waals surface area contributed by atoms with E-state index in [9.17, 15) is 9.59 Å². The first-order chi connectivity index (χ1) is 14.1. The van der Waals surface area contributed by atoms with Crippen LogP contribution in [0.3, 0.4) is 0 Å². The van der Waals surface area contributed by atoms with E-state index < -0.39 is 0 Å². The van der Waals surface area contributed by atoms with E-state index in [0.29, 0.717) is 34.9 Å². The maximum atomic E-state index is 12.4. The summed E-state index contributed by atoms with van der Waals surface area (Å²) in [6, 6.07) is 19.3. The van der Waals surface area contributed by atoms with Crippen molar-refractivity contribution in [2.24, 2.45) is 22.0 Å². The number of para-hydroxylation sites is 1. The molecule has 29 heavy (non-hydrogen) atoms. The Hall–Kier alpha value is -3.78. The molecule has 0 aliphatic rings. The molecular formula is C21H21N5O3. The zero-order chi connectivity index (χ0) is 20.6. The van der Waals surface area contributed by atoms with Gasteiger partial charge in [0.2, 0.25) is 5.91 Å². The number of aryl methyl sites for hydroxylation is 1. The Morgan fingerprint density at radius 3 is 2.38 bits per heavy atom. The molecule has 0 fully saturated rings. The zero-order valence-corrected chi connectivity index (χ0v) is 15.7. The lowest BCUT2D eigenvalue weighted by Gasteiger charge is -2.17. The molecule has 3 rings (SSSR count). The third kappa shape index (κ3) is 5.14. The summed E-state index contributed by atoms with van der Waals surface area (Å²) in [7, 11) is 0. The predicted octanol–water partition coefficient (Wildman–Crippen LogP) is 3.50. The van der Waals surface area contributed by atoms with Crippen molar-refractivity contribution in [1.82, 2.24) is 0 Å². The molecule has 0 bridgehead atoms. The highest BCUT2D eigenvalue weighted by Crippen LogP contribution is 2.27. The highest BCUT2D eigenvalue weighted by Gasteiger charge is 2.16. The highest BCUT2D eigenvalue weighted by molar-refractivity contribution is 5.97. The van der Waals surface area contributed by atoms with Gasteiger partial charge >= 0.3 is 0 Å². The molecule has 1 amide bonds. The average molecular weight is 391 g/mol. The van der Waals surface area contributed by atoms with E-state index in [-0.39, 0.29) is 24.5 Å². The van der Waals surface area contributed by atoms with Gasteiger partial charge in [-0.3, -0.25) is 9.59 Å². The Labute approximate surface area is 167 Å². The van der Waals surface area contributed by atoms with Crippen molar-refractivity contribution < 1.29 is 14.0 Å². The molecule has 0 radical (unpaired) electrons. The number of carbonyl (C=O) groups excluding carboxylic acids is 2. The summed E-state index contributed by atoms with van der Waals surface area (Å²) in [4.78, 5) is 24.7. The lowest BCUT2D eigenvalue weighted by Crippen LogP contribution is -2.37. The monoisotopic (exact) mass is 391 g/mol. The summed E-state index contributed by atoms with van der Waals surface area (Å²) >= 11 is 0. The number of Topliss-reactive ketones (excluding diaryl/α,β-unsaturated/α-hetero) is 1. The van der Waals surface area contributed by atoms with E-state index in [1.54, 1.807) is 48.5 Å². The average Bonchev–Trinajstić information content (AvgIpc) is 3.20. The largest absolute Gasteiger partial charge is 0.466 e. The lowest BCUT2D eigenvalue weighted by atomic mass is 10.1. The first-order valence-corrected chi connectivity index (χ1v) is 9.02. The molecule has 0 saturated carbocycles. The number of benzene rings is 2. The molecule has 1 aromatic heterocycles. The van der Waals surface area contributed by atoms with Crippen LogP contribution in [0.25, 0.3) is 0 Å². The fourth-order valence-corrected chi connectivity index (χ4v) is 2.84. The Balaban J connectivity index is 1.58. The van der Waals surface area contributed by atoms with Crippen LogP contribution in [0.15, 0.2) is 81.5 Å². The van der Waals surface area contributed by atoms with Crippen molar-refractivity contribution in [2.75, 3.05) is 5.01 Å². The molecule has 3 aromatic rings. The van der Waals surface area contributed by atoms with Crippen LogP contribution in [0.5, 0.6) is 0 Å². The molecule has 0 aliphatic carbocycles. The second-order valence-electron chi connectivity index (χ2n) is 6.30. The van der Waals surface area contributed by atoms with Crippen molar-refractivity contribution in [2.45, 2.75) is 19.3 Å². The number of hydrogen-bond donors (Lipinski definition) is 2. The van der Waals surface area contributed by atoms with Gasteiger partial charge in [0.05, 0.1) is 12.1 Å². The minimum Gasteiger partial charge on any atom is -0.466 e. The zero-order valence-electron chi connectivity index (χ0n) is 15.7. The van der Waals surface area contributed by atoms with Crippen LogP contribution in [0.2, 0.25) is 0 Å². The molecule has 148 valence electrons. The van der Waals surface area contributed by atoms with Crippen molar-refractivity contribution in [3.63, 3.8) is 0 Å². The number of hydrogen-bond acceptors (Lipinski definition) is 6. The lowest BCUT2D eigenvalue weighted by molar-refractivity contribution is -0.118.